The molecule has 0 saturated carbocycles. The highest BCUT2D eigenvalue weighted by Gasteiger charge is 2.42. The van der Waals surface area contributed by atoms with E-state index in [0.29, 0.717) is 28.2 Å². The van der Waals surface area contributed by atoms with Crippen molar-refractivity contribution in [2.24, 2.45) is 0 Å². The molecule has 0 unspecified atom stereocenters. The van der Waals surface area contributed by atoms with Crippen LogP contribution in [0.25, 0.3) is 6.08 Å². The number of hydrogen-bond donors (Lipinski definition) is 2. The average molecular weight is 614 g/mol. The molecule has 1 heterocycles. The molecule has 1 fully saturated rings. The molecule has 1 saturated heterocycles. The topological polar surface area (TPSA) is 153 Å². The zero-order valence-electron chi connectivity index (χ0n) is 22.8. The van der Waals surface area contributed by atoms with Gasteiger partial charge in [0.25, 0.3) is 32.1 Å². The Morgan fingerprint density at radius 2 is 1.17 bits per heavy atom. The predicted octanol–water partition coefficient (Wildman–Crippen LogP) is 3.74. The van der Waals surface area contributed by atoms with Crippen LogP contribution in [0.1, 0.15) is 24.0 Å². The molecule has 2 amide bonds. The Bertz CT molecular complexity index is 1600. The smallest absolute Gasteiger partial charge is 0.283 e. The summed E-state index contributed by atoms with van der Waals surface area (Å²) in [5.74, 6) is -1.91. The number of carbonyl (C=O) groups is 2. The van der Waals surface area contributed by atoms with Crippen molar-refractivity contribution < 1.29 is 35.5 Å². The van der Waals surface area contributed by atoms with Gasteiger partial charge in [-0.05, 0) is 73.4 Å². The highest BCUT2D eigenvalue weighted by molar-refractivity contribution is 7.86. The lowest BCUT2D eigenvalue weighted by Crippen LogP contribution is -2.41. The molecule has 13 heteroatoms. The number of hydrogen-bond acceptors (Lipinski definition) is 7. The highest BCUT2D eigenvalue weighted by atomic mass is 32.2. The molecule has 2 N–H and O–H groups in total. The number of para-hydroxylation sites is 2. The van der Waals surface area contributed by atoms with Crippen LogP contribution in [-0.4, -0.2) is 62.4 Å². The number of nitrogens with zero attached hydrogens (tertiary/aromatic N) is 3. The third-order valence-electron chi connectivity index (χ3n) is 6.63. The van der Waals surface area contributed by atoms with Gasteiger partial charge in [-0.1, -0.05) is 42.5 Å². The monoisotopic (exact) mass is 613 g/mol. The molecule has 0 radical (unpaired) electrons. The Morgan fingerprint density at radius 1 is 0.714 bits per heavy atom. The second-order valence-electron chi connectivity index (χ2n) is 9.77. The number of benzene rings is 3. The lowest BCUT2D eigenvalue weighted by molar-refractivity contribution is -0.116. The van der Waals surface area contributed by atoms with Crippen LogP contribution in [-0.2, 0) is 29.8 Å². The van der Waals surface area contributed by atoms with E-state index in [1.807, 2.05) is 12.1 Å². The molecular formula is C29H31N3O8S2. The lowest BCUT2D eigenvalue weighted by atomic mass is 10.0. The fraction of sp³-hybridized carbons (Fsp3) is 0.241. The average Bonchev–Trinajstić information content (AvgIpc) is 3.17. The van der Waals surface area contributed by atoms with Crippen molar-refractivity contribution in [1.82, 2.24) is 0 Å². The van der Waals surface area contributed by atoms with Crippen molar-refractivity contribution in [2.75, 3.05) is 39.5 Å². The Kier molecular flexibility index (Phi) is 9.46. The molecule has 0 aliphatic carbocycles. The van der Waals surface area contributed by atoms with Crippen LogP contribution in [0.4, 0.5) is 17.1 Å². The largest absolute Gasteiger partial charge is 0.371 e. The van der Waals surface area contributed by atoms with Gasteiger partial charge in [-0.2, -0.15) is 16.8 Å². The first-order chi connectivity index (χ1) is 19.8. The van der Waals surface area contributed by atoms with Gasteiger partial charge in [0.05, 0.1) is 22.9 Å². The summed E-state index contributed by atoms with van der Waals surface area (Å²) < 4.78 is 63.0. The van der Waals surface area contributed by atoms with Crippen LogP contribution in [0, 0.1) is 6.92 Å². The second kappa shape index (κ2) is 12.9. The first kappa shape index (κ1) is 30.9. The van der Waals surface area contributed by atoms with E-state index in [0.717, 1.165) is 0 Å². The lowest BCUT2D eigenvalue weighted by Gasteiger charge is -2.27. The number of amides is 2. The normalized spacial score (nSPS) is 14.0. The molecular weight excluding hydrogens is 582 g/mol. The third kappa shape index (κ3) is 7.82. The van der Waals surface area contributed by atoms with Crippen molar-refractivity contribution in [3.63, 3.8) is 0 Å². The number of carbonyl (C=O) groups excluding carboxylic acids is 2. The van der Waals surface area contributed by atoms with Gasteiger partial charge in [0.1, 0.15) is 5.57 Å². The van der Waals surface area contributed by atoms with Crippen molar-refractivity contribution in [3.05, 3.63) is 95.6 Å². The number of anilines is 3. The molecule has 4 rings (SSSR count). The molecule has 3 aromatic carbocycles. The van der Waals surface area contributed by atoms with Crippen molar-refractivity contribution >= 4 is 55.2 Å². The zero-order chi connectivity index (χ0) is 30.5. The standard InChI is InChI=1S/C29H31N3O8S2/c1-22-20-26(30(16-8-18-41(35,36)37)17-9-19-42(38,39)40)15-14-23(22)21-27-28(33)31(24-10-4-2-5-11-24)32(29(27)34)25-12-6-3-7-13-25/h2-7,10-15,20-21H,8-9,16-19H2,1H3,(H,35,36,37)(H,38,39,40). The Morgan fingerprint density at radius 3 is 1.57 bits per heavy atom. The molecule has 0 bridgehead atoms. The maximum Gasteiger partial charge on any atom is 0.283 e. The van der Waals surface area contributed by atoms with E-state index in [-0.39, 0.29) is 31.5 Å². The van der Waals surface area contributed by atoms with Gasteiger partial charge in [0.2, 0.25) is 0 Å². The Hall–Kier alpha value is -4.04. The summed E-state index contributed by atoms with van der Waals surface area (Å²) in [6.45, 7) is 2.18. The molecule has 0 aromatic heterocycles. The summed E-state index contributed by atoms with van der Waals surface area (Å²) in [7, 11) is -8.35. The van der Waals surface area contributed by atoms with E-state index in [2.05, 4.69) is 0 Å². The minimum Gasteiger partial charge on any atom is -0.371 e. The van der Waals surface area contributed by atoms with Crippen molar-refractivity contribution in [1.29, 1.82) is 0 Å². The predicted molar refractivity (Wildman–Crippen MR) is 161 cm³/mol. The molecule has 0 spiro atoms. The summed E-state index contributed by atoms with van der Waals surface area (Å²) in [5.41, 5.74) is 2.98. The van der Waals surface area contributed by atoms with Gasteiger partial charge in [-0.15, -0.1) is 0 Å². The van der Waals surface area contributed by atoms with E-state index in [9.17, 15) is 26.4 Å². The van der Waals surface area contributed by atoms with Crippen LogP contribution >= 0.6 is 0 Å². The van der Waals surface area contributed by atoms with Gasteiger partial charge < -0.3 is 4.90 Å². The molecule has 11 nitrogen and oxygen atoms in total. The van der Waals surface area contributed by atoms with Crippen LogP contribution in [0.5, 0.6) is 0 Å². The van der Waals surface area contributed by atoms with Crippen LogP contribution < -0.4 is 14.9 Å². The van der Waals surface area contributed by atoms with E-state index < -0.39 is 43.6 Å². The third-order valence-corrected chi connectivity index (χ3v) is 8.24. The SMILES string of the molecule is Cc1cc(N(CCCS(=O)(=O)O)CCCS(=O)(=O)O)ccc1C=C1C(=O)N(c2ccccc2)N(c2ccccc2)C1=O. The molecule has 1 aliphatic rings. The number of hydrazine groups is 1. The van der Waals surface area contributed by atoms with E-state index >= 15 is 0 Å². The maximum absolute atomic E-state index is 13.6. The summed E-state index contributed by atoms with van der Waals surface area (Å²) in [6, 6.07) is 22.9. The first-order valence-electron chi connectivity index (χ1n) is 13.1. The molecule has 222 valence electrons. The van der Waals surface area contributed by atoms with Gasteiger partial charge in [0, 0.05) is 18.8 Å². The minimum absolute atomic E-state index is 0.0308. The Labute approximate surface area is 245 Å². The molecule has 3 aromatic rings. The van der Waals surface area contributed by atoms with Crippen molar-refractivity contribution in [2.45, 2.75) is 19.8 Å². The Balaban J connectivity index is 1.65. The zero-order valence-corrected chi connectivity index (χ0v) is 24.5. The van der Waals surface area contributed by atoms with Crippen LogP contribution in [0.15, 0.2) is 84.4 Å². The van der Waals surface area contributed by atoms with Crippen molar-refractivity contribution in [3.8, 4) is 0 Å². The number of rotatable bonds is 12. The van der Waals surface area contributed by atoms with Crippen LogP contribution in [0.3, 0.4) is 0 Å². The van der Waals surface area contributed by atoms with E-state index in [1.54, 1.807) is 78.6 Å². The highest BCUT2D eigenvalue weighted by Crippen LogP contribution is 2.33. The summed E-state index contributed by atoms with van der Waals surface area (Å²) in [5, 5.41) is 2.67. The minimum atomic E-state index is -4.18. The summed E-state index contributed by atoms with van der Waals surface area (Å²) in [4.78, 5) is 29.0. The van der Waals surface area contributed by atoms with Gasteiger partial charge in [-0.25, -0.2) is 10.0 Å². The molecule has 0 atom stereocenters. The molecule has 42 heavy (non-hydrogen) atoms. The second-order valence-corrected chi connectivity index (χ2v) is 12.9. The van der Waals surface area contributed by atoms with E-state index in [4.69, 9.17) is 9.11 Å². The van der Waals surface area contributed by atoms with Gasteiger partial charge in [-0.3, -0.25) is 18.7 Å². The number of aryl methyl sites for hydroxylation is 1. The summed E-state index contributed by atoms with van der Waals surface area (Å²) >= 11 is 0. The first-order valence-corrected chi connectivity index (χ1v) is 16.3. The maximum atomic E-state index is 13.6. The molecule has 1 aliphatic heterocycles. The fourth-order valence-corrected chi connectivity index (χ4v) is 5.64. The van der Waals surface area contributed by atoms with Crippen LogP contribution in [0.2, 0.25) is 0 Å². The quantitative estimate of drug-likeness (QED) is 0.177. The fourth-order valence-electron chi connectivity index (χ4n) is 4.65. The van der Waals surface area contributed by atoms with Gasteiger partial charge in [0.15, 0.2) is 0 Å². The van der Waals surface area contributed by atoms with E-state index in [1.165, 1.54) is 16.1 Å². The summed E-state index contributed by atoms with van der Waals surface area (Å²) in [6.07, 6.45) is 1.70. The van der Waals surface area contributed by atoms with Gasteiger partial charge >= 0.3 is 0 Å².